The SMILES string of the molecule is CC[C@@H](C)[C@H](NC(=O)COC(=O)CN1C(=O)C(=O)c2ccccc21)C(=O)OC. The summed E-state index contributed by atoms with van der Waals surface area (Å²) >= 11 is 0. The topological polar surface area (TPSA) is 119 Å². The highest BCUT2D eigenvalue weighted by Gasteiger charge is 2.36. The number of anilines is 1. The number of Topliss-reactive ketones (excluding diaryl/α,β-unsaturated/α-hetero) is 1. The molecule has 0 aromatic heterocycles. The maximum absolute atomic E-state index is 12.0. The van der Waals surface area contributed by atoms with E-state index >= 15 is 0 Å². The Labute approximate surface area is 162 Å². The molecule has 0 fully saturated rings. The summed E-state index contributed by atoms with van der Waals surface area (Å²) in [5.41, 5.74) is 0.536. The minimum atomic E-state index is -0.856. The molecule has 1 aromatic carbocycles. The molecular formula is C19H22N2O7. The number of amides is 2. The molecule has 0 saturated carbocycles. The number of nitrogens with one attached hydrogen (secondary N) is 1. The first-order valence-electron chi connectivity index (χ1n) is 8.78. The Morgan fingerprint density at radius 2 is 1.86 bits per heavy atom. The predicted octanol–water partition coefficient (Wildman–Crippen LogP) is 0.463. The van der Waals surface area contributed by atoms with Gasteiger partial charge in [-0.3, -0.25) is 24.1 Å². The summed E-state index contributed by atoms with van der Waals surface area (Å²) in [5.74, 6) is -3.82. The highest BCUT2D eigenvalue weighted by Crippen LogP contribution is 2.28. The van der Waals surface area contributed by atoms with E-state index in [0.29, 0.717) is 12.1 Å². The quantitative estimate of drug-likeness (QED) is 0.506. The van der Waals surface area contributed by atoms with Crippen LogP contribution in [0.2, 0.25) is 0 Å². The summed E-state index contributed by atoms with van der Waals surface area (Å²) in [5, 5.41) is 2.47. The maximum Gasteiger partial charge on any atom is 0.328 e. The van der Waals surface area contributed by atoms with E-state index in [2.05, 4.69) is 10.1 Å². The Morgan fingerprint density at radius 3 is 2.50 bits per heavy atom. The number of esters is 2. The second-order valence-corrected chi connectivity index (χ2v) is 6.35. The molecule has 1 heterocycles. The molecule has 150 valence electrons. The summed E-state index contributed by atoms with van der Waals surface area (Å²) < 4.78 is 9.55. The van der Waals surface area contributed by atoms with Gasteiger partial charge in [-0.15, -0.1) is 0 Å². The lowest BCUT2D eigenvalue weighted by atomic mass is 9.99. The number of benzene rings is 1. The van der Waals surface area contributed by atoms with Crippen molar-refractivity contribution >= 4 is 35.2 Å². The lowest BCUT2D eigenvalue weighted by Crippen LogP contribution is -2.47. The van der Waals surface area contributed by atoms with Gasteiger partial charge in [0.1, 0.15) is 12.6 Å². The van der Waals surface area contributed by atoms with Gasteiger partial charge in [-0.2, -0.15) is 0 Å². The smallest absolute Gasteiger partial charge is 0.328 e. The van der Waals surface area contributed by atoms with Crippen molar-refractivity contribution in [2.45, 2.75) is 26.3 Å². The second kappa shape index (κ2) is 9.12. The Morgan fingerprint density at radius 1 is 1.18 bits per heavy atom. The molecule has 2 rings (SSSR count). The van der Waals surface area contributed by atoms with Crippen molar-refractivity contribution in [1.82, 2.24) is 5.32 Å². The third-order valence-corrected chi connectivity index (χ3v) is 4.51. The zero-order valence-corrected chi connectivity index (χ0v) is 15.9. The van der Waals surface area contributed by atoms with Crippen LogP contribution in [0.3, 0.4) is 0 Å². The molecule has 1 aliphatic rings. The maximum atomic E-state index is 12.0. The number of hydrogen-bond acceptors (Lipinski definition) is 7. The predicted molar refractivity (Wildman–Crippen MR) is 97.5 cm³/mol. The first-order chi connectivity index (χ1) is 13.3. The van der Waals surface area contributed by atoms with Crippen molar-refractivity contribution in [3.8, 4) is 0 Å². The van der Waals surface area contributed by atoms with Gasteiger partial charge < -0.3 is 14.8 Å². The molecule has 0 saturated heterocycles. The van der Waals surface area contributed by atoms with Gasteiger partial charge in [0.25, 0.3) is 17.6 Å². The van der Waals surface area contributed by atoms with Crippen LogP contribution in [0.15, 0.2) is 24.3 Å². The summed E-state index contributed by atoms with van der Waals surface area (Å²) in [4.78, 5) is 60.8. The minimum Gasteiger partial charge on any atom is -0.467 e. The Hall–Kier alpha value is -3.23. The number of hydrogen-bond donors (Lipinski definition) is 1. The van der Waals surface area contributed by atoms with Crippen molar-refractivity contribution in [2.75, 3.05) is 25.2 Å². The highest BCUT2D eigenvalue weighted by molar-refractivity contribution is 6.52. The molecule has 1 N–H and O–H groups in total. The summed E-state index contributed by atoms with van der Waals surface area (Å²) in [6.45, 7) is 2.52. The van der Waals surface area contributed by atoms with Crippen LogP contribution in [0.25, 0.3) is 0 Å². The standard InChI is InChI=1S/C19H22N2O7/c1-4-11(2)16(19(26)27-3)20-14(22)10-28-15(23)9-21-13-8-6-5-7-12(13)17(24)18(21)25/h5-8,11,16H,4,9-10H2,1-3H3,(H,20,22)/t11-,16+/m1/s1. The van der Waals surface area contributed by atoms with Crippen LogP contribution in [0.5, 0.6) is 0 Å². The molecule has 9 heteroatoms. The van der Waals surface area contributed by atoms with E-state index < -0.39 is 48.7 Å². The van der Waals surface area contributed by atoms with Crippen LogP contribution in [-0.2, 0) is 28.7 Å². The highest BCUT2D eigenvalue weighted by atomic mass is 16.5. The summed E-state index contributed by atoms with van der Waals surface area (Å²) in [7, 11) is 1.22. The van der Waals surface area contributed by atoms with Gasteiger partial charge in [0.15, 0.2) is 6.61 Å². The third kappa shape index (κ3) is 4.54. The number of fused-ring (bicyclic) bond motifs is 1. The zero-order chi connectivity index (χ0) is 20.8. The largest absolute Gasteiger partial charge is 0.467 e. The first-order valence-corrected chi connectivity index (χ1v) is 8.78. The van der Waals surface area contributed by atoms with E-state index in [1.54, 1.807) is 25.1 Å². The van der Waals surface area contributed by atoms with Crippen LogP contribution in [-0.4, -0.2) is 55.8 Å². The molecule has 0 bridgehead atoms. The Kier molecular flexibility index (Phi) is 6.86. The first kappa shape index (κ1) is 21.1. The zero-order valence-electron chi connectivity index (χ0n) is 15.9. The normalized spacial score (nSPS) is 14.9. The number of carbonyl (C=O) groups excluding carboxylic acids is 5. The minimum absolute atomic E-state index is 0.170. The fourth-order valence-electron chi connectivity index (χ4n) is 2.74. The molecule has 28 heavy (non-hydrogen) atoms. The molecule has 1 aromatic rings. The molecule has 0 aliphatic carbocycles. The molecule has 0 unspecified atom stereocenters. The van der Waals surface area contributed by atoms with E-state index in [4.69, 9.17) is 4.74 Å². The van der Waals surface area contributed by atoms with Gasteiger partial charge in [-0.05, 0) is 18.1 Å². The Bertz CT molecular complexity index is 805. The molecule has 0 spiro atoms. The van der Waals surface area contributed by atoms with Crippen molar-refractivity contribution in [1.29, 1.82) is 0 Å². The lowest BCUT2D eigenvalue weighted by molar-refractivity contribution is -0.150. The van der Waals surface area contributed by atoms with E-state index in [9.17, 15) is 24.0 Å². The van der Waals surface area contributed by atoms with Crippen LogP contribution in [0, 0.1) is 5.92 Å². The molecule has 2 amide bonds. The number of ether oxygens (including phenoxy) is 2. The number of ketones is 1. The molecule has 1 aliphatic heterocycles. The van der Waals surface area contributed by atoms with Gasteiger partial charge in [0.05, 0.1) is 18.4 Å². The van der Waals surface area contributed by atoms with E-state index in [0.717, 1.165) is 4.90 Å². The molecule has 2 atom stereocenters. The molecular weight excluding hydrogens is 368 g/mol. The summed E-state index contributed by atoms with van der Waals surface area (Å²) in [6, 6.07) is 5.44. The number of carbonyl (C=O) groups is 5. The molecule has 0 radical (unpaired) electrons. The van der Waals surface area contributed by atoms with Crippen LogP contribution >= 0.6 is 0 Å². The average molecular weight is 390 g/mol. The van der Waals surface area contributed by atoms with Crippen molar-refractivity contribution in [2.24, 2.45) is 5.92 Å². The van der Waals surface area contributed by atoms with Crippen molar-refractivity contribution in [3.05, 3.63) is 29.8 Å². The van der Waals surface area contributed by atoms with E-state index in [1.807, 2.05) is 6.92 Å². The van der Waals surface area contributed by atoms with Gasteiger partial charge in [-0.1, -0.05) is 32.4 Å². The van der Waals surface area contributed by atoms with Gasteiger partial charge in [0.2, 0.25) is 0 Å². The Balaban J connectivity index is 1.92. The monoisotopic (exact) mass is 390 g/mol. The fourth-order valence-corrected chi connectivity index (χ4v) is 2.74. The number of methoxy groups -OCH3 is 1. The second-order valence-electron chi connectivity index (χ2n) is 6.35. The fraction of sp³-hybridized carbons (Fsp3) is 0.421. The van der Waals surface area contributed by atoms with Crippen molar-refractivity contribution in [3.63, 3.8) is 0 Å². The van der Waals surface area contributed by atoms with Crippen LogP contribution in [0.1, 0.15) is 30.6 Å². The number of para-hydroxylation sites is 1. The van der Waals surface area contributed by atoms with E-state index in [1.165, 1.54) is 13.2 Å². The third-order valence-electron chi connectivity index (χ3n) is 4.51. The molecule has 9 nitrogen and oxygen atoms in total. The van der Waals surface area contributed by atoms with Crippen LogP contribution < -0.4 is 10.2 Å². The van der Waals surface area contributed by atoms with Crippen molar-refractivity contribution < 1.29 is 33.4 Å². The average Bonchev–Trinajstić information content (AvgIpc) is 2.94. The summed E-state index contributed by atoms with van der Waals surface area (Å²) in [6.07, 6.45) is 0.629. The van der Waals surface area contributed by atoms with Gasteiger partial charge in [0, 0.05) is 0 Å². The number of rotatable bonds is 8. The van der Waals surface area contributed by atoms with Gasteiger partial charge >= 0.3 is 11.9 Å². The van der Waals surface area contributed by atoms with Crippen LogP contribution in [0.4, 0.5) is 5.69 Å². The van der Waals surface area contributed by atoms with E-state index in [-0.39, 0.29) is 11.5 Å². The van der Waals surface area contributed by atoms with Gasteiger partial charge in [-0.25, -0.2) is 4.79 Å². The lowest BCUT2D eigenvalue weighted by Gasteiger charge is -2.21. The number of nitrogens with zero attached hydrogens (tertiary/aromatic N) is 1.